The minimum Gasteiger partial charge on any atom is -0.497 e. The van der Waals surface area contributed by atoms with Gasteiger partial charge in [-0.2, -0.15) is 0 Å². The molecular weight excluding hydrogens is 408 g/mol. The fourth-order valence-electron chi connectivity index (χ4n) is 3.32. The van der Waals surface area contributed by atoms with Crippen LogP contribution in [0, 0.1) is 5.92 Å². The Morgan fingerprint density at radius 2 is 1.59 bits per heavy atom. The molecule has 1 heterocycles. The van der Waals surface area contributed by atoms with Crippen molar-refractivity contribution in [2.75, 3.05) is 13.7 Å². The molecule has 2 amide bonds. The van der Waals surface area contributed by atoms with Crippen molar-refractivity contribution < 1.29 is 23.8 Å². The lowest BCUT2D eigenvalue weighted by Gasteiger charge is -2.30. The van der Waals surface area contributed by atoms with Gasteiger partial charge in [-0.1, -0.05) is 26.0 Å². The molecule has 1 aliphatic rings. The molecule has 0 aromatic heterocycles. The van der Waals surface area contributed by atoms with Crippen LogP contribution in [-0.4, -0.2) is 31.8 Å². The number of methoxy groups -OCH3 is 1. The van der Waals surface area contributed by atoms with Crippen molar-refractivity contribution in [2.45, 2.75) is 39.8 Å². The van der Waals surface area contributed by atoms with E-state index in [2.05, 4.69) is 24.5 Å². The van der Waals surface area contributed by atoms with Crippen molar-refractivity contribution in [3.8, 4) is 11.5 Å². The molecule has 0 aliphatic carbocycles. The molecule has 7 nitrogen and oxygen atoms in total. The molecule has 2 N–H and O–H groups in total. The maximum absolute atomic E-state index is 13.1. The van der Waals surface area contributed by atoms with Gasteiger partial charge in [-0.15, -0.1) is 0 Å². The SMILES string of the molecule is COc1ccc(C2=C(C(=O)OC(C)C)C(c3ccc(OCC(C)C)cc3)NC(=O)N2)cc1. The van der Waals surface area contributed by atoms with Crippen molar-refractivity contribution in [1.29, 1.82) is 0 Å². The van der Waals surface area contributed by atoms with E-state index >= 15 is 0 Å². The minimum absolute atomic E-state index is 0.308. The zero-order valence-corrected chi connectivity index (χ0v) is 19.1. The van der Waals surface area contributed by atoms with E-state index in [9.17, 15) is 9.59 Å². The minimum atomic E-state index is -0.675. The van der Waals surface area contributed by atoms with Crippen molar-refractivity contribution in [2.24, 2.45) is 5.92 Å². The summed E-state index contributed by atoms with van der Waals surface area (Å²) in [7, 11) is 1.58. The van der Waals surface area contributed by atoms with E-state index < -0.39 is 18.0 Å². The highest BCUT2D eigenvalue weighted by Gasteiger charge is 2.34. The Labute approximate surface area is 188 Å². The van der Waals surface area contributed by atoms with Gasteiger partial charge in [0.1, 0.15) is 11.5 Å². The third-order valence-electron chi connectivity index (χ3n) is 4.81. The normalized spacial score (nSPS) is 16.0. The number of carbonyl (C=O) groups is 2. The largest absolute Gasteiger partial charge is 0.497 e. The molecule has 1 unspecified atom stereocenters. The van der Waals surface area contributed by atoms with Gasteiger partial charge in [0.05, 0.1) is 37.1 Å². The van der Waals surface area contributed by atoms with Crippen molar-refractivity contribution in [1.82, 2.24) is 10.6 Å². The lowest BCUT2D eigenvalue weighted by molar-refractivity contribution is -0.143. The van der Waals surface area contributed by atoms with Gasteiger partial charge in [0.25, 0.3) is 0 Å². The average molecular weight is 439 g/mol. The number of nitrogens with one attached hydrogen (secondary N) is 2. The second-order valence-corrected chi connectivity index (χ2v) is 8.28. The quantitative estimate of drug-likeness (QED) is 0.595. The van der Waals surface area contributed by atoms with Crippen LogP contribution in [0.3, 0.4) is 0 Å². The van der Waals surface area contributed by atoms with E-state index in [0.717, 1.165) is 11.3 Å². The van der Waals surface area contributed by atoms with Crippen LogP contribution in [-0.2, 0) is 9.53 Å². The van der Waals surface area contributed by atoms with E-state index in [1.54, 1.807) is 45.2 Å². The molecule has 0 saturated heterocycles. The van der Waals surface area contributed by atoms with Crippen LogP contribution in [0.15, 0.2) is 54.1 Å². The number of urea groups is 1. The van der Waals surface area contributed by atoms with Gasteiger partial charge in [-0.3, -0.25) is 0 Å². The number of esters is 1. The van der Waals surface area contributed by atoms with Gasteiger partial charge in [0.15, 0.2) is 0 Å². The topological polar surface area (TPSA) is 85.9 Å². The Balaban J connectivity index is 2.03. The van der Waals surface area contributed by atoms with Crippen LogP contribution in [0.25, 0.3) is 5.70 Å². The molecule has 0 bridgehead atoms. The molecule has 32 heavy (non-hydrogen) atoms. The fourth-order valence-corrected chi connectivity index (χ4v) is 3.32. The summed E-state index contributed by atoms with van der Waals surface area (Å²) in [5.74, 6) is 1.32. The van der Waals surface area contributed by atoms with E-state index in [-0.39, 0.29) is 6.10 Å². The highest BCUT2D eigenvalue weighted by molar-refractivity contribution is 6.04. The van der Waals surface area contributed by atoms with Crippen LogP contribution >= 0.6 is 0 Å². The van der Waals surface area contributed by atoms with Crippen LogP contribution < -0.4 is 20.1 Å². The highest BCUT2D eigenvalue weighted by Crippen LogP contribution is 2.33. The first-order valence-corrected chi connectivity index (χ1v) is 10.7. The smallest absolute Gasteiger partial charge is 0.338 e. The van der Waals surface area contributed by atoms with Gasteiger partial charge < -0.3 is 24.8 Å². The monoisotopic (exact) mass is 438 g/mol. The summed E-state index contributed by atoms with van der Waals surface area (Å²) in [5, 5.41) is 5.64. The summed E-state index contributed by atoms with van der Waals surface area (Å²) in [4.78, 5) is 25.7. The second-order valence-electron chi connectivity index (χ2n) is 8.28. The molecule has 1 atom stereocenters. The Morgan fingerprint density at radius 1 is 0.969 bits per heavy atom. The van der Waals surface area contributed by atoms with Crippen LogP contribution in [0.1, 0.15) is 44.9 Å². The third kappa shape index (κ3) is 5.60. The predicted octanol–water partition coefficient (Wildman–Crippen LogP) is 4.45. The lowest BCUT2D eigenvalue weighted by atomic mass is 9.92. The van der Waals surface area contributed by atoms with Crippen LogP contribution in [0.5, 0.6) is 11.5 Å². The first-order valence-electron chi connectivity index (χ1n) is 10.7. The average Bonchev–Trinajstić information content (AvgIpc) is 2.77. The standard InChI is InChI=1S/C25H30N2O5/c1-15(2)14-31-20-12-8-18(9-13-20)23-21(24(28)32-16(3)4)22(26-25(29)27-23)17-6-10-19(30-5)11-7-17/h6-13,15-16,23H,14H2,1-5H3,(H2,26,27,29). The first kappa shape index (κ1) is 23.2. The highest BCUT2D eigenvalue weighted by atomic mass is 16.5. The van der Waals surface area contributed by atoms with Gasteiger partial charge in [0, 0.05) is 0 Å². The molecule has 0 fully saturated rings. The molecule has 0 saturated carbocycles. The van der Waals surface area contributed by atoms with Gasteiger partial charge in [-0.05, 0) is 67.3 Å². The van der Waals surface area contributed by atoms with Gasteiger partial charge >= 0.3 is 12.0 Å². The van der Waals surface area contributed by atoms with Crippen molar-refractivity contribution in [3.05, 3.63) is 65.2 Å². The fraction of sp³-hybridized carbons (Fsp3) is 0.360. The van der Waals surface area contributed by atoms with Gasteiger partial charge in [-0.25, -0.2) is 9.59 Å². The van der Waals surface area contributed by atoms with E-state index in [4.69, 9.17) is 14.2 Å². The van der Waals surface area contributed by atoms with Crippen LogP contribution in [0.2, 0.25) is 0 Å². The van der Waals surface area contributed by atoms with E-state index in [1.165, 1.54) is 0 Å². The number of ether oxygens (including phenoxy) is 3. The summed E-state index contributed by atoms with van der Waals surface area (Å²) >= 11 is 0. The molecule has 1 aliphatic heterocycles. The molecule has 0 radical (unpaired) electrons. The van der Waals surface area contributed by atoms with Gasteiger partial charge in [0.2, 0.25) is 0 Å². The summed E-state index contributed by atoms with van der Waals surface area (Å²) in [6.45, 7) is 8.34. The van der Waals surface area contributed by atoms with Crippen molar-refractivity contribution in [3.63, 3.8) is 0 Å². The molecule has 170 valence electrons. The molecule has 2 aromatic carbocycles. The maximum Gasteiger partial charge on any atom is 0.338 e. The number of hydrogen-bond acceptors (Lipinski definition) is 5. The first-order chi connectivity index (χ1) is 15.3. The predicted molar refractivity (Wildman–Crippen MR) is 122 cm³/mol. The summed E-state index contributed by atoms with van der Waals surface area (Å²) in [6, 6.07) is 13.4. The molecule has 0 spiro atoms. The lowest BCUT2D eigenvalue weighted by Crippen LogP contribution is -2.45. The third-order valence-corrected chi connectivity index (χ3v) is 4.81. The molecule has 7 heteroatoms. The summed E-state index contributed by atoms with van der Waals surface area (Å²) < 4.78 is 16.5. The number of carbonyl (C=O) groups excluding carboxylic acids is 2. The number of rotatable bonds is 8. The maximum atomic E-state index is 13.1. The van der Waals surface area contributed by atoms with E-state index in [0.29, 0.717) is 35.1 Å². The van der Waals surface area contributed by atoms with E-state index in [1.807, 2.05) is 24.3 Å². The number of hydrogen-bond donors (Lipinski definition) is 2. The molecule has 3 rings (SSSR count). The van der Waals surface area contributed by atoms with Crippen LogP contribution in [0.4, 0.5) is 4.79 Å². The Kier molecular flexibility index (Phi) is 7.41. The van der Waals surface area contributed by atoms with Crippen molar-refractivity contribution >= 4 is 17.7 Å². The number of benzene rings is 2. The number of amides is 2. The molecule has 2 aromatic rings. The Morgan fingerprint density at radius 3 is 2.16 bits per heavy atom. The second kappa shape index (κ2) is 10.2. The Hall–Kier alpha value is -3.48. The summed E-state index contributed by atoms with van der Waals surface area (Å²) in [5.41, 5.74) is 2.17. The summed E-state index contributed by atoms with van der Waals surface area (Å²) in [6.07, 6.45) is -0.308. The zero-order valence-electron chi connectivity index (χ0n) is 19.1. The molecular formula is C25H30N2O5. The Bertz CT molecular complexity index is 978. The zero-order chi connectivity index (χ0) is 23.3.